The van der Waals surface area contributed by atoms with Gasteiger partial charge < -0.3 is 15.0 Å². The molecule has 20 heavy (non-hydrogen) atoms. The molecule has 0 fully saturated rings. The van der Waals surface area contributed by atoms with Gasteiger partial charge in [0.2, 0.25) is 0 Å². The van der Waals surface area contributed by atoms with Gasteiger partial charge in [0.25, 0.3) is 0 Å². The number of aliphatic hydroxyl groups excluding tert-OH is 1. The highest BCUT2D eigenvalue weighted by Crippen LogP contribution is 2.17. The van der Waals surface area contributed by atoms with Crippen molar-refractivity contribution in [1.29, 1.82) is 0 Å². The van der Waals surface area contributed by atoms with Crippen molar-refractivity contribution in [3.05, 3.63) is 58.9 Å². The lowest BCUT2D eigenvalue weighted by Crippen LogP contribution is -2.24. The molecule has 0 saturated carbocycles. The fourth-order valence-corrected chi connectivity index (χ4v) is 2.74. The highest BCUT2D eigenvalue weighted by atomic mass is 16.3. The van der Waals surface area contributed by atoms with Gasteiger partial charge in [-0.2, -0.15) is 0 Å². The zero-order chi connectivity index (χ0) is 14.5. The van der Waals surface area contributed by atoms with E-state index in [1.54, 1.807) is 0 Å². The molecular formula is C17H24N2O. The summed E-state index contributed by atoms with van der Waals surface area (Å²) < 4.78 is 2.31. The fraction of sp³-hybridized carbons (Fsp3) is 0.412. The van der Waals surface area contributed by atoms with Crippen LogP contribution < -0.4 is 5.32 Å². The van der Waals surface area contributed by atoms with E-state index in [4.69, 9.17) is 0 Å². The van der Waals surface area contributed by atoms with Gasteiger partial charge in [-0.1, -0.05) is 30.3 Å². The molecule has 1 heterocycles. The Morgan fingerprint density at radius 2 is 1.90 bits per heavy atom. The lowest BCUT2D eigenvalue weighted by Gasteiger charge is -2.17. The van der Waals surface area contributed by atoms with Crippen LogP contribution in [0.1, 0.15) is 35.5 Å². The molecule has 0 amide bonds. The first-order valence-corrected chi connectivity index (χ1v) is 7.22. The van der Waals surface area contributed by atoms with E-state index in [-0.39, 0.29) is 12.6 Å². The average Bonchev–Trinajstić information content (AvgIpc) is 2.75. The minimum atomic E-state index is -0.0131. The molecule has 1 aromatic heterocycles. The van der Waals surface area contributed by atoms with E-state index in [0.29, 0.717) is 0 Å². The summed E-state index contributed by atoms with van der Waals surface area (Å²) >= 11 is 0. The third-order valence-corrected chi connectivity index (χ3v) is 3.92. The molecule has 2 rings (SSSR count). The zero-order valence-electron chi connectivity index (χ0n) is 12.6. The van der Waals surface area contributed by atoms with E-state index >= 15 is 0 Å². The molecule has 2 aromatic rings. The minimum absolute atomic E-state index is 0.0131. The molecule has 0 aliphatic carbocycles. The second kappa shape index (κ2) is 6.73. The van der Waals surface area contributed by atoms with Crippen LogP contribution in [0.5, 0.6) is 0 Å². The van der Waals surface area contributed by atoms with Crippen LogP contribution in [0.25, 0.3) is 0 Å². The number of nitrogens with zero attached hydrogens (tertiary/aromatic N) is 1. The van der Waals surface area contributed by atoms with Crippen LogP contribution in [0.2, 0.25) is 0 Å². The predicted molar refractivity (Wildman–Crippen MR) is 82.7 cm³/mol. The van der Waals surface area contributed by atoms with Crippen LogP contribution in [0, 0.1) is 13.8 Å². The number of hydrogen-bond donors (Lipinski definition) is 2. The molecule has 0 saturated heterocycles. The summed E-state index contributed by atoms with van der Waals surface area (Å²) in [7, 11) is 0. The van der Waals surface area contributed by atoms with Crippen molar-refractivity contribution in [2.75, 3.05) is 6.61 Å². The van der Waals surface area contributed by atoms with Crippen LogP contribution in [-0.4, -0.2) is 16.3 Å². The Bertz CT molecular complexity index is 546. The molecule has 1 atom stereocenters. The van der Waals surface area contributed by atoms with Crippen molar-refractivity contribution in [1.82, 2.24) is 9.88 Å². The van der Waals surface area contributed by atoms with Gasteiger partial charge in [-0.25, -0.2) is 0 Å². The number of aryl methyl sites for hydroxylation is 1. The number of rotatable bonds is 6. The van der Waals surface area contributed by atoms with E-state index in [9.17, 15) is 5.11 Å². The third-order valence-electron chi connectivity index (χ3n) is 3.92. The molecule has 0 bridgehead atoms. The SMILES string of the molecule is CCn1c(C)cc(CNC(CO)c2ccccc2)c1C. The van der Waals surface area contributed by atoms with Gasteiger partial charge in [0.1, 0.15) is 0 Å². The van der Waals surface area contributed by atoms with Crippen molar-refractivity contribution in [2.24, 2.45) is 0 Å². The van der Waals surface area contributed by atoms with Crippen molar-refractivity contribution in [3.8, 4) is 0 Å². The summed E-state index contributed by atoms with van der Waals surface area (Å²) in [5, 5.41) is 13.0. The van der Waals surface area contributed by atoms with Crippen molar-refractivity contribution < 1.29 is 5.11 Å². The van der Waals surface area contributed by atoms with Crippen LogP contribution in [0.4, 0.5) is 0 Å². The molecule has 2 N–H and O–H groups in total. The first-order chi connectivity index (χ1) is 9.67. The van der Waals surface area contributed by atoms with E-state index in [1.807, 2.05) is 30.3 Å². The molecule has 0 aliphatic heterocycles. The first kappa shape index (κ1) is 14.8. The molecule has 0 radical (unpaired) electrons. The molecule has 3 heteroatoms. The number of nitrogens with one attached hydrogen (secondary N) is 1. The zero-order valence-corrected chi connectivity index (χ0v) is 12.6. The van der Waals surface area contributed by atoms with E-state index in [0.717, 1.165) is 18.7 Å². The molecule has 3 nitrogen and oxygen atoms in total. The van der Waals surface area contributed by atoms with Gasteiger partial charge in [0, 0.05) is 24.5 Å². The summed E-state index contributed by atoms with van der Waals surface area (Å²) in [5.74, 6) is 0. The van der Waals surface area contributed by atoms with Gasteiger partial charge in [-0.15, -0.1) is 0 Å². The van der Waals surface area contributed by atoms with Gasteiger partial charge in [0.15, 0.2) is 0 Å². The maximum atomic E-state index is 9.57. The van der Waals surface area contributed by atoms with E-state index < -0.39 is 0 Å². The van der Waals surface area contributed by atoms with Crippen molar-refractivity contribution in [3.63, 3.8) is 0 Å². The summed E-state index contributed by atoms with van der Waals surface area (Å²) in [6.07, 6.45) is 0. The summed E-state index contributed by atoms with van der Waals surface area (Å²) in [6.45, 7) is 8.35. The van der Waals surface area contributed by atoms with Crippen LogP contribution in [-0.2, 0) is 13.1 Å². The summed E-state index contributed by atoms with van der Waals surface area (Å²) in [5.41, 5.74) is 5.03. The average molecular weight is 272 g/mol. The van der Waals surface area contributed by atoms with Crippen LogP contribution in [0.15, 0.2) is 36.4 Å². The molecule has 1 aromatic carbocycles. The summed E-state index contributed by atoms with van der Waals surface area (Å²) in [6, 6.07) is 12.3. The molecular weight excluding hydrogens is 248 g/mol. The van der Waals surface area contributed by atoms with Gasteiger partial charge in [-0.3, -0.25) is 0 Å². The lowest BCUT2D eigenvalue weighted by molar-refractivity contribution is 0.243. The number of benzene rings is 1. The first-order valence-electron chi connectivity index (χ1n) is 7.22. The Labute approximate surface area is 121 Å². The second-order valence-corrected chi connectivity index (χ2v) is 5.17. The summed E-state index contributed by atoms with van der Waals surface area (Å²) in [4.78, 5) is 0. The monoisotopic (exact) mass is 272 g/mol. The smallest absolute Gasteiger partial charge is 0.0626 e. The van der Waals surface area contributed by atoms with Crippen molar-refractivity contribution >= 4 is 0 Å². The normalized spacial score (nSPS) is 12.6. The maximum absolute atomic E-state index is 9.57. The highest BCUT2D eigenvalue weighted by Gasteiger charge is 2.12. The number of aromatic nitrogens is 1. The quantitative estimate of drug-likeness (QED) is 0.848. The van der Waals surface area contributed by atoms with Gasteiger partial charge in [0.05, 0.1) is 12.6 Å². The van der Waals surface area contributed by atoms with E-state index in [1.165, 1.54) is 17.0 Å². The predicted octanol–water partition coefficient (Wildman–Crippen LogP) is 2.95. The van der Waals surface area contributed by atoms with Gasteiger partial charge >= 0.3 is 0 Å². The molecule has 0 aliphatic rings. The topological polar surface area (TPSA) is 37.2 Å². The molecule has 0 spiro atoms. The van der Waals surface area contributed by atoms with Crippen molar-refractivity contribution in [2.45, 2.75) is 39.9 Å². The third kappa shape index (κ3) is 3.11. The Hall–Kier alpha value is -1.58. The Kier molecular flexibility index (Phi) is 4.99. The Balaban J connectivity index is 2.08. The highest BCUT2D eigenvalue weighted by molar-refractivity contribution is 5.27. The number of aliphatic hydroxyl groups is 1. The second-order valence-electron chi connectivity index (χ2n) is 5.17. The van der Waals surface area contributed by atoms with Crippen LogP contribution in [0.3, 0.4) is 0 Å². The minimum Gasteiger partial charge on any atom is -0.394 e. The lowest BCUT2D eigenvalue weighted by atomic mass is 10.1. The number of hydrogen-bond acceptors (Lipinski definition) is 2. The maximum Gasteiger partial charge on any atom is 0.0626 e. The van der Waals surface area contributed by atoms with Gasteiger partial charge in [-0.05, 0) is 38.0 Å². The largest absolute Gasteiger partial charge is 0.394 e. The standard InChI is InChI=1S/C17H24N2O/c1-4-19-13(2)10-16(14(19)3)11-18-17(12-20)15-8-6-5-7-9-15/h5-10,17-18,20H,4,11-12H2,1-3H3. The molecule has 108 valence electrons. The Morgan fingerprint density at radius 3 is 2.45 bits per heavy atom. The van der Waals surface area contributed by atoms with Crippen LogP contribution >= 0.6 is 0 Å². The fourth-order valence-electron chi connectivity index (χ4n) is 2.74. The molecule has 1 unspecified atom stereocenters. The Morgan fingerprint density at radius 1 is 1.20 bits per heavy atom. The van der Waals surface area contributed by atoms with E-state index in [2.05, 4.69) is 36.7 Å².